The van der Waals surface area contributed by atoms with Crippen molar-refractivity contribution in [1.82, 2.24) is 14.8 Å². The number of amides is 2. The summed E-state index contributed by atoms with van der Waals surface area (Å²) >= 11 is 1.38. The van der Waals surface area contributed by atoms with Crippen LogP contribution in [0, 0.1) is 5.41 Å². The number of benzene rings is 2. The molecule has 1 saturated heterocycles. The molecule has 0 spiro atoms. The van der Waals surface area contributed by atoms with E-state index in [1.165, 1.54) is 11.3 Å². The highest BCUT2D eigenvalue weighted by Crippen LogP contribution is 2.43. The van der Waals surface area contributed by atoms with E-state index < -0.39 is 11.0 Å². The van der Waals surface area contributed by atoms with E-state index in [-0.39, 0.29) is 24.2 Å². The van der Waals surface area contributed by atoms with Crippen molar-refractivity contribution in [2.75, 3.05) is 39.1 Å². The molecule has 206 valence electrons. The number of carbonyl (C=O) groups is 3. The quantitative estimate of drug-likeness (QED) is 0.430. The third-order valence-corrected chi connectivity index (χ3v) is 8.72. The maximum absolute atomic E-state index is 14.1. The minimum absolute atomic E-state index is 0.00452. The molecular formula is C30H36N4O4S. The van der Waals surface area contributed by atoms with Crippen LogP contribution < -0.4 is 4.90 Å². The molecule has 0 N–H and O–H groups in total. The normalized spacial score (nSPS) is 16.7. The second-order valence-electron chi connectivity index (χ2n) is 12.0. The van der Waals surface area contributed by atoms with Crippen LogP contribution in [-0.2, 0) is 27.2 Å². The molecule has 2 aromatic carbocycles. The lowest BCUT2D eigenvalue weighted by molar-refractivity contribution is -0.159. The molecule has 3 aromatic rings. The van der Waals surface area contributed by atoms with Crippen LogP contribution in [0.25, 0.3) is 10.2 Å². The number of likely N-dealkylation sites (tertiary alicyclic amines) is 1. The summed E-state index contributed by atoms with van der Waals surface area (Å²) < 4.78 is 6.48. The predicted octanol–water partition coefficient (Wildman–Crippen LogP) is 4.16. The van der Waals surface area contributed by atoms with E-state index in [0.717, 1.165) is 34.4 Å². The molecule has 0 radical (unpaired) electrons. The van der Waals surface area contributed by atoms with Gasteiger partial charge in [-0.1, -0.05) is 35.6 Å². The van der Waals surface area contributed by atoms with Gasteiger partial charge in [-0.25, -0.2) is 4.98 Å². The molecule has 2 amide bonds. The number of hydrogen-bond donors (Lipinski definition) is 0. The number of anilines is 1. The average Bonchev–Trinajstić information content (AvgIpc) is 3.41. The Balaban J connectivity index is 1.38. The topological polar surface area (TPSA) is 83.0 Å². The Hall–Kier alpha value is -3.30. The maximum Gasteiger partial charge on any atom is 0.307 e. The minimum Gasteiger partial charge on any atom is -0.460 e. The summed E-state index contributed by atoms with van der Waals surface area (Å²) in [7, 11) is 5.77. The van der Waals surface area contributed by atoms with Crippen molar-refractivity contribution >= 4 is 44.5 Å². The van der Waals surface area contributed by atoms with Gasteiger partial charge in [0.15, 0.2) is 5.13 Å². The second-order valence-corrected chi connectivity index (χ2v) is 13.0. The van der Waals surface area contributed by atoms with E-state index in [0.29, 0.717) is 29.6 Å². The third kappa shape index (κ3) is 5.43. The zero-order valence-electron chi connectivity index (χ0n) is 23.5. The van der Waals surface area contributed by atoms with Gasteiger partial charge in [-0.3, -0.25) is 19.3 Å². The lowest BCUT2D eigenvalue weighted by Crippen LogP contribution is -2.59. The van der Waals surface area contributed by atoms with Crippen molar-refractivity contribution in [3.63, 3.8) is 0 Å². The first-order valence-electron chi connectivity index (χ1n) is 13.3. The molecule has 1 aromatic heterocycles. The van der Waals surface area contributed by atoms with Gasteiger partial charge in [0.05, 0.1) is 22.1 Å². The molecule has 0 unspecified atom stereocenters. The number of thiazole rings is 1. The predicted molar refractivity (Wildman–Crippen MR) is 153 cm³/mol. The molecule has 8 nitrogen and oxygen atoms in total. The number of aromatic nitrogens is 1. The number of hydrogen-bond acceptors (Lipinski definition) is 7. The number of ether oxygens (including phenoxy) is 1. The first-order valence-corrected chi connectivity index (χ1v) is 14.1. The smallest absolute Gasteiger partial charge is 0.307 e. The van der Waals surface area contributed by atoms with Gasteiger partial charge in [-0.15, -0.1) is 0 Å². The fourth-order valence-electron chi connectivity index (χ4n) is 5.46. The summed E-state index contributed by atoms with van der Waals surface area (Å²) in [5.74, 6) is -0.531. The summed E-state index contributed by atoms with van der Waals surface area (Å²) in [5.41, 5.74) is 1.94. The van der Waals surface area contributed by atoms with Gasteiger partial charge in [-0.05, 0) is 77.0 Å². The summed E-state index contributed by atoms with van der Waals surface area (Å²) in [6, 6.07) is 13.9. The van der Waals surface area contributed by atoms with Crippen LogP contribution in [0.2, 0.25) is 0 Å². The number of rotatable bonds is 6. The van der Waals surface area contributed by atoms with Crippen molar-refractivity contribution in [3.05, 3.63) is 59.2 Å². The number of fused-ring (bicyclic) bond motifs is 2. The van der Waals surface area contributed by atoms with E-state index in [1.54, 1.807) is 18.0 Å². The van der Waals surface area contributed by atoms with Crippen molar-refractivity contribution in [3.8, 4) is 0 Å². The SMILES string of the molecule is CN(C(=O)C1(CC(=O)OC(C)(C)C)Cc2ccccc2C1)c1nc2ccc(C(=O)N3CC(N(C)C)C3)cc2s1. The van der Waals surface area contributed by atoms with Crippen molar-refractivity contribution in [2.24, 2.45) is 5.41 Å². The monoisotopic (exact) mass is 548 g/mol. The fourth-order valence-corrected chi connectivity index (χ4v) is 6.43. The van der Waals surface area contributed by atoms with Crippen LogP contribution in [0.15, 0.2) is 42.5 Å². The zero-order chi connectivity index (χ0) is 28.1. The number of esters is 1. The highest BCUT2D eigenvalue weighted by atomic mass is 32.1. The van der Waals surface area contributed by atoms with E-state index >= 15 is 0 Å². The number of likely N-dealkylation sites (N-methyl/N-ethyl adjacent to an activating group) is 1. The zero-order valence-corrected chi connectivity index (χ0v) is 24.3. The van der Waals surface area contributed by atoms with Gasteiger partial charge in [0.2, 0.25) is 5.91 Å². The molecule has 9 heteroatoms. The Morgan fingerprint density at radius 1 is 1.05 bits per heavy atom. The molecule has 2 heterocycles. The summed E-state index contributed by atoms with van der Waals surface area (Å²) in [5, 5.41) is 0.538. The molecule has 0 saturated carbocycles. The third-order valence-electron chi connectivity index (χ3n) is 7.63. The van der Waals surface area contributed by atoms with Crippen molar-refractivity contribution in [1.29, 1.82) is 0 Å². The van der Waals surface area contributed by atoms with Crippen LogP contribution in [0.3, 0.4) is 0 Å². The summed E-state index contributed by atoms with van der Waals surface area (Å²) in [6.45, 7) is 6.93. The Labute approximate surface area is 233 Å². The van der Waals surface area contributed by atoms with Crippen LogP contribution >= 0.6 is 11.3 Å². The van der Waals surface area contributed by atoms with Crippen LogP contribution in [-0.4, -0.2) is 78.4 Å². The average molecular weight is 549 g/mol. The van der Waals surface area contributed by atoms with E-state index in [4.69, 9.17) is 9.72 Å². The van der Waals surface area contributed by atoms with Crippen LogP contribution in [0.4, 0.5) is 5.13 Å². The molecular weight excluding hydrogens is 512 g/mol. The standard InChI is InChI=1S/C30H36N4O4S/c1-29(2,3)38-25(35)16-30(14-20-9-7-8-10-21(20)15-30)27(37)33(6)28-31-23-12-11-19(13-24(23)39-28)26(36)34-17-22(18-34)32(4)5/h7-13,22H,14-18H2,1-6H3. The summed E-state index contributed by atoms with van der Waals surface area (Å²) in [6.07, 6.45) is 0.938. The summed E-state index contributed by atoms with van der Waals surface area (Å²) in [4.78, 5) is 50.4. The molecule has 1 aliphatic carbocycles. The second kappa shape index (κ2) is 10.0. The lowest BCUT2D eigenvalue weighted by Gasteiger charge is -2.42. The Morgan fingerprint density at radius 3 is 2.28 bits per heavy atom. The molecule has 2 aliphatic rings. The first kappa shape index (κ1) is 27.3. The molecule has 0 atom stereocenters. The highest BCUT2D eigenvalue weighted by Gasteiger charge is 2.48. The van der Waals surface area contributed by atoms with Gasteiger partial charge in [0, 0.05) is 31.7 Å². The van der Waals surface area contributed by atoms with Gasteiger partial charge < -0.3 is 14.5 Å². The Kier molecular flexibility index (Phi) is 7.01. The Bertz CT molecular complexity index is 1410. The molecule has 1 aliphatic heterocycles. The number of nitrogens with zero attached hydrogens (tertiary/aromatic N) is 4. The van der Waals surface area contributed by atoms with Gasteiger partial charge in [0.1, 0.15) is 5.60 Å². The Morgan fingerprint density at radius 2 is 1.69 bits per heavy atom. The van der Waals surface area contributed by atoms with Gasteiger partial charge in [0.25, 0.3) is 5.91 Å². The van der Waals surface area contributed by atoms with Crippen LogP contribution in [0.5, 0.6) is 0 Å². The minimum atomic E-state index is -0.944. The van der Waals surface area contributed by atoms with Gasteiger partial charge in [-0.2, -0.15) is 0 Å². The number of carbonyl (C=O) groups excluding carboxylic acids is 3. The van der Waals surface area contributed by atoms with E-state index in [2.05, 4.69) is 4.90 Å². The maximum atomic E-state index is 14.1. The van der Waals surface area contributed by atoms with Crippen LogP contribution in [0.1, 0.15) is 48.7 Å². The van der Waals surface area contributed by atoms with Gasteiger partial charge >= 0.3 is 5.97 Å². The molecule has 39 heavy (non-hydrogen) atoms. The lowest BCUT2D eigenvalue weighted by atomic mass is 9.80. The van der Waals surface area contributed by atoms with Crippen molar-refractivity contribution < 1.29 is 19.1 Å². The van der Waals surface area contributed by atoms with Crippen molar-refractivity contribution in [2.45, 2.75) is 51.7 Å². The molecule has 1 fully saturated rings. The van der Waals surface area contributed by atoms with E-state index in [1.807, 2.05) is 76.2 Å². The van der Waals surface area contributed by atoms with E-state index in [9.17, 15) is 14.4 Å². The first-order chi connectivity index (χ1) is 18.3. The highest BCUT2D eigenvalue weighted by molar-refractivity contribution is 7.22. The molecule has 0 bridgehead atoms. The largest absolute Gasteiger partial charge is 0.460 e. The fraction of sp³-hybridized carbons (Fsp3) is 0.467. The molecule has 5 rings (SSSR count).